The van der Waals surface area contributed by atoms with E-state index in [9.17, 15) is 19.4 Å². The van der Waals surface area contributed by atoms with Crippen LogP contribution in [-0.4, -0.2) is 66.3 Å². The van der Waals surface area contributed by atoms with Gasteiger partial charge in [-0.1, -0.05) is 155 Å². The highest BCUT2D eigenvalue weighted by molar-refractivity contribution is 7.47. The Bertz CT molecular complexity index is 1310. The van der Waals surface area contributed by atoms with Crippen LogP contribution in [0.1, 0.15) is 129 Å². The van der Waals surface area contributed by atoms with Crippen LogP contribution in [0.5, 0.6) is 0 Å². The molecular formula is C48H77O9P. The van der Waals surface area contributed by atoms with E-state index in [1.165, 1.54) is 0 Å². The first kappa shape index (κ1) is 54.9. The standard InChI is InChI=1S/C48H77O9P/c1-3-5-7-9-11-13-15-17-19-21-22-23-24-25-26-28-30-32-34-36-38-40-48(51)57-47(45-56-58(52,53)55-43-46(50)42-49)44-54-41-39-37-35-33-31-29-27-20-18-16-14-12-10-8-6-4-2/h5-8,11-14,17-20,22-23,25-26,29,31,35,37,46-47,49-50H,3-4,9-10,15-16,21,24,27-28,30,32-34,36,38-45H2,1-2H3,(H,52,53)/b7-5-,8-6-,13-11-,14-12-,19-17-,20-18-,23-22-,26-25-,31-29-,37-35-. The van der Waals surface area contributed by atoms with Gasteiger partial charge in [0, 0.05) is 6.42 Å². The fraction of sp³-hybridized carbons (Fsp3) is 0.562. The molecular weight excluding hydrogens is 751 g/mol. The van der Waals surface area contributed by atoms with Gasteiger partial charge in [-0.2, -0.15) is 0 Å². The lowest BCUT2D eigenvalue weighted by atomic mass is 10.1. The third-order valence-corrected chi connectivity index (χ3v) is 9.11. The van der Waals surface area contributed by atoms with Crippen LogP contribution in [-0.2, 0) is 27.9 Å². The van der Waals surface area contributed by atoms with Crippen LogP contribution >= 0.6 is 7.82 Å². The maximum Gasteiger partial charge on any atom is 0.472 e. The summed E-state index contributed by atoms with van der Waals surface area (Å²) < 4.78 is 33.2. The molecule has 0 rings (SSSR count). The Morgan fingerprint density at radius 2 is 0.931 bits per heavy atom. The molecule has 0 aromatic heterocycles. The molecule has 0 aliphatic rings. The van der Waals surface area contributed by atoms with Crippen molar-refractivity contribution in [3.05, 3.63) is 122 Å². The Hall–Kier alpha value is -3.14. The number of rotatable bonds is 39. The van der Waals surface area contributed by atoms with Gasteiger partial charge in [0.1, 0.15) is 12.2 Å². The van der Waals surface area contributed by atoms with E-state index in [1.807, 2.05) is 6.08 Å². The summed E-state index contributed by atoms with van der Waals surface area (Å²) in [6, 6.07) is 0. The van der Waals surface area contributed by atoms with Gasteiger partial charge in [-0.25, -0.2) is 4.57 Å². The summed E-state index contributed by atoms with van der Waals surface area (Å²) in [4.78, 5) is 22.6. The molecule has 10 heteroatoms. The zero-order valence-electron chi connectivity index (χ0n) is 35.7. The van der Waals surface area contributed by atoms with E-state index in [4.69, 9.17) is 23.6 Å². The fourth-order valence-electron chi connectivity index (χ4n) is 4.97. The number of hydrogen-bond acceptors (Lipinski definition) is 8. The second-order valence-corrected chi connectivity index (χ2v) is 15.0. The number of esters is 1. The van der Waals surface area contributed by atoms with Crippen molar-refractivity contribution in [1.82, 2.24) is 0 Å². The minimum atomic E-state index is -4.55. The maximum absolute atomic E-state index is 12.6. The predicted molar refractivity (Wildman–Crippen MR) is 241 cm³/mol. The largest absolute Gasteiger partial charge is 0.472 e. The smallest absolute Gasteiger partial charge is 0.457 e. The average molecular weight is 829 g/mol. The van der Waals surface area contributed by atoms with Crippen molar-refractivity contribution in [3.8, 4) is 0 Å². The van der Waals surface area contributed by atoms with Crippen LogP contribution < -0.4 is 0 Å². The maximum atomic E-state index is 12.6. The predicted octanol–water partition coefficient (Wildman–Crippen LogP) is 12.0. The summed E-state index contributed by atoms with van der Waals surface area (Å²) in [5.41, 5.74) is 0. The molecule has 0 aliphatic carbocycles. The van der Waals surface area contributed by atoms with Crippen LogP contribution in [0, 0.1) is 0 Å². The number of unbranched alkanes of at least 4 members (excludes halogenated alkanes) is 5. The van der Waals surface area contributed by atoms with E-state index < -0.39 is 45.8 Å². The van der Waals surface area contributed by atoms with Crippen LogP contribution in [0.3, 0.4) is 0 Å². The van der Waals surface area contributed by atoms with Gasteiger partial charge in [-0.05, 0) is 89.9 Å². The number of allylic oxidation sites excluding steroid dienone is 19. The van der Waals surface area contributed by atoms with E-state index in [2.05, 4.69) is 129 Å². The highest BCUT2D eigenvalue weighted by Gasteiger charge is 2.26. The molecule has 0 aromatic carbocycles. The number of aliphatic hydroxyl groups excluding tert-OH is 2. The number of aliphatic hydroxyl groups is 2. The van der Waals surface area contributed by atoms with Gasteiger partial charge in [0.25, 0.3) is 0 Å². The first-order valence-corrected chi connectivity index (χ1v) is 23.0. The summed E-state index contributed by atoms with van der Waals surface area (Å²) in [5, 5.41) is 18.3. The van der Waals surface area contributed by atoms with Gasteiger partial charge in [-0.15, -0.1) is 0 Å². The SMILES string of the molecule is CC/C=C\C/C=C\C/C=C\C/C=C\C/C=C\CCCCCCCC(=O)OC(COCC/C=C\C/C=C\C/C=C\C/C=C\C/C=C\CC)COP(=O)(O)OCC(O)CO. The molecule has 0 aromatic rings. The zero-order valence-corrected chi connectivity index (χ0v) is 36.6. The van der Waals surface area contributed by atoms with Crippen molar-refractivity contribution in [2.24, 2.45) is 0 Å². The van der Waals surface area contributed by atoms with Crippen molar-refractivity contribution < 1.29 is 43.0 Å². The Labute approximate surface area is 352 Å². The molecule has 3 atom stereocenters. The fourth-order valence-corrected chi connectivity index (χ4v) is 5.76. The molecule has 0 saturated heterocycles. The number of carbonyl (C=O) groups is 1. The summed E-state index contributed by atoms with van der Waals surface area (Å²) >= 11 is 0. The lowest BCUT2D eigenvalue weighted by Crippen LogP contribution is -2.29. The number of phosphoric acid groups is 1. The minimum absolute atomic E-state index is 0.0223. The second-order valence-electron chi connectivity index (χ2n) is 13.6. The Morgan fingerprint density at radius 3 is 1.40 bits per heavy atom. The van der Waals surface area contributed by atoms with E-state index in [1.54, 1.807) is 0 Å². The molecule has 9 nitrogen and oxygen atoms in total. The van der Waals surface area contributed by atoms with E-state index >= 15 is 0 Å². The van der Waals surface area contributed by atoms with Crippen molar-refractivity contribution in [2.75, 3.05) is 33.0 Å². The second kappa shape index (κ2) is 43.4. The van der Waals surface area contributed by atoms with Gasteiger partial charge >= 0.3 is 13.8 Å². The van der Waals surface area contributed by atoms with E-state index in [-0.39, 0.29) is 13.0 Å². The molecule has 3 unspecified atom stereocenters. The highest BCUT2D eigenvalue weighted by atomic mass is 31.2. The normalized spacial score (nSPS) is 15.2. The van der Waals surface area contributed by atoms with Gasteiger partial charge in [0.2, 0.25) is 0 Å². The summed E-state index contributed by atoms with van der Waals surface area (Å²) in [5.74, 6) is -0.432. The molecule has 3 N–H and O–H groups in total. The van der Waals surface area contributed by atoms with Gasteiger partial charge in [0.05, 0.1) is 33.0 Å². The molecule has 0 fully saturated rings. The summed E-state index contributed by atoms with van der Waals surface area (Å²) in [7, 11) is -4.55. The third kappa shape index (κ3) is 42.5. The lowest BCUT2D eigenvalue weighted by molar-refractivity contribution is -0.154. The summed E-state index contributed by atoms with van der Waals surface area (Å²) in [6.07, 6.45) is 57.5. The number of hydrogen-bond donors (Lipinski definition) is 3. The molecule has 0 heterocycles. The number of carbonyl (C=O) groups excluding carboxylic acids is 1. The van der Waals surface area contributed by atoms with Crippen molar-refractivity contribution in [3.63, 3.8) is 0 Å². The zero-order chi connectivity index (χ0) is 42.5. The molecule has 328 valence electrons. The Morgan fingerprint density at radius 1 is 0.534 bits per heavy atom. The molecule has 0 spiro atoms. The van der Waals surface area contributed by atoms with Gasteiger partial charge < -0.3 is 24.6 Å². The number of phosphoric ester groups is 1. The highest BCUT2D eigenvalue weighted by Crippen LogP contribution is 2.43. The number of ether oxygens (including phenoxy) is 2. The van der Waals surface area contributed by atoms with Crippen LogP contribution in [0.15, 0.2) is 122 Å². The quantitative estimate of drug-likeness (QED) is 0.0240. The molecule has 0 bridgehead atoms. The molecule has 0 radical (unpaired) electrons. The molecule has 0 aliphatic heterocycles. The topological polar surface area (TPSA) is 132 Å². The average Bonchev–Trinajstić information content (AvgIpc) is 3.21. The molecule has 0 saturated carbocycles. The van der Waals surface area contributed by atoms with Crippen LogP contribution in [0.2, 0.25) is 0 Å². The van der Waals surface area contributed by atoms with E-state index in [0.29, 0.717) is 19.4 Å². The lowest BCUT2D eigenvalue weighted by Gasteiger charge is -2.20. The van der Waals surface area contributed by atoms with E-state index in [0.717, 1.165) is 96.3 Å². The Kier molecular flexibility index (Phi) is 41.1. The first-order chi connectivity index (χ1) is 28.3. The molecule has 58 heavy (non-hydrogen) atoms. The molecule has 0 amide bonds. The summed E-state index contributed by atoms with van der Waals surface area (Å²) in [6.45, 7) is 2.99. The van der Waals surface area contributed by atoms with Crippen molar-refractivity contribution in [1.29, 1.82) is 0 Å². The minimum Gasteiger partial charge on any atom is -0.457 e. The first-order valence-electron chi connectivity index (χ1n) is 21.5. The Balaban J connectivity index is 4.36. The monoisotopic (exact) mass is 829 g/mol. The third-order valence-electron chi connectivity index (χ3n) is 8.16. The van der Waals surface area contributed by atoms with Crippen molar-refractivity contribution >= 4 is 13.8 Å². The van der Waals surface area contributed by atoms with Gasteiger partial charge in [-0.3, -0.25) is 13.8 Å². The van der Waals surface area contributed by atoms with Crippen LogP contribution in [0.4, 0.5) is 0 Å². The van der Waals surface area contributed by atoms with Gasteiger partial charge in [0.15, 0.2) is 0 Å². The van der Waals surface area contributed by atoms with Crippen molar-refractivity contribution in [2.45, 2.75) is 142 Å². The van der Waals surface area contributed by atoms with Crippen LogP contribution in [0.25, 0.3) is 0 Å².